The summed E-state index contributed by atoms with van der Waals surface area (Å²) in [6.45, 7) is 0. The Morgan fingerprint density at radius 3 is 2.87 bits per heavy atom. The highest BCUT2D eigenvalue weighted by molar-refractivity contribution is 6.00. The molecule has 1 aromatic carbocycles. The van der Waals surface area contributed by atoms with Gasteiger partial charge in [-0.1, -0.05) is 0 Å². The van der Waals surface area contributed by atoms with E-state index in [1.54, 1.807) is 5.01 Å². The van der Waals surface area contributed by atoms with Gasteiger partial charge in [0, 0.05) is 19.8 Å². The van der Waals surface area contributed by atoms with Crippen LogP contribution in [-0.2, 0) is 11.2 Å². The van der Waals surface area contributed by atoms with Crippen molar-refractivity contribution in [3.63, 3.8) is 0 Å². The molecule has 1 heterocycles. The normalized spacial score (nSPS) is 13.9. The van der Waals surface area contributed by atoms with Gasteiger partial charge in [0.2, 0.25) is 5.91 Å². The third kappa shape index (κ3) is 1.87. The summed E-state index contributed by atoms with van der Waals surface area (Å²) in [5.41, 5.74) is 12.2. The molecule has 15 heavy (non-hydrogen) atoms. The molecule has 1 aliphatic heterocycles. The quantitative estimate of drug-likeness (QED) is 0.491. The first-order valence-electron chi connectivity index (χ1n) is 4.72. The number of anilines is 3. The van der Waals surface area contributed by atoms with Crippen LogP contribution in [0.4, 0.5) is 17.1 Å². The minimum absolute atomic E-state index is 0.0198. The first kappa shape index (κ1) is 9.79. The number of amides is 1. The van der Waals surface area contributed by atoms with Gasteiger partial charge in [0.15, 0.2) is 0 Å². The summed E-state index contributed by atoms with van der Waals surface area (Å²) in [6.07, 6.45) is 0.418. The topological polar surface area (TPSA) is 70.4 Å². The fraction of sp³-hybridized carbons (Fsp3) is 0.300. The molecule has 0 aromatic heterocycles. The maximum Gasteiger partial charge on any atom is 0.228 e. The van der Waals surface area contributed by atoms with E-state index >= 15 is 0 Å². The summed E-state index contributed by atoms with van der Waals surface area (Å²) in [4.78, 5) is 11.2. The Morgan fingerprint density at radius 2 is 2.20 bits per heavy atom. The lowest BCUT2D eigenvalue weighted by atomic mass is 10.1. The third-order valence-corrected chi connectivity index (χ3v) is 2.24. The molecule has 0 saturated heterocycles. The molecule has 0 unspecified atom stereocenters. The number of hydrogen-bond donors (Lipinski definition) is 3. The van der Waals surface area contributed by atoms with Gasteiger partial charge >= 0.3 is 0 Å². The van der Waals surface area contributed by atoms with E-state index in [9.17, 15) is 4.79 Å². The van der Waals surface area contributed by atoms with Crippen LogP contribution in [0.25, 0.3) is 0 Å². The Balaban J connectivity index is 2.35. The smallest absolute Gasteiger partial charge is 0.228 e. The highest BCUT2D eigenvalue weighted by Crippen LogP contribution is 2.31. The number of hydrogen-bond acceptors (Lipinski definition) is 4. The summed E-state index contributed by atoms with van der Waals surface area (Å²) < 4.78 is 0. The Morgan fingerprint density at radius 1 is 1.47 bits per heavy atom. The number of carbonyl (C=O) groups is 1. The highest BCUT2D eigenvalue weighted by Gasteiger charge is 2.19. The van der Waals surface area contributed by atoms with Crippen molar-refractivity contribution in [2.24, 2.45) is 0 Å². The third-order valence-electron chi connectivity index (χ3n) is 2.24. The molecule has 1 aliphatic rings. The van der Waals surface area contributed by atoms with Crippen LogP contribution in [0, 0.1) is 0 Å². The van der Waals surface area contributed by atoms with E-state index in [0.717, 1.165) is 16.9 Å². The molecular formula is C10H14N4O. The van der Waals surface area contributed by atoms with Crippen LogP contribution in [-0.4, -0.2) is 25.0 Å². The summed E-state index contributed by atoms with van der Waals surface area (Å²) >= 11 is 0. The predicted molar refractivity (Wildman–Crippen MR) is 60.5 cm³/mol. The maximum atomic E-state index is 11.2. The van der Waals surface area contributed by atoms with E-state index in [0.29, 0.717) is 12.1 Å². The van der Waals surface area contributed by atoms with Gasteiger partial charge in [-0.2, -0.15) is 0 Å². The highest BCUT2D eigenvalue weighted by atomic mass is 16.1. The number of fused-ring (bicyclic) bond motifs is 1. The van der Waals surface area contributed by atoms with Crippen molar-refractivity contribution in [2.75, 3.05) is 30.6 Å². The minimum Gasteiger partial charge on any atom is -0.397 e. The molecule has 0 aliphatic carbocycles. The largest absolute Gasteiger partial charge is 0.397 e. The zero-order valence-electron chi connectivity index (χ0n) is 8.79. The second-order valence-electron chi connectivity index (χ2n) is 3.83. The number of carbonyl (C=O) groups excluding carboxylic acids is 1. The van der Waals surface area contributed by atoms with Crippen molar-refractivity contribution in [3.8, 4) is 0 Å². The lowest BCUT2D eigenvalue weighted by molar-refractivity contribution is -0.115. The molecule has 0 bridgehead atoms. The van der Waals surface area contributed by atoms with Gasteiger partial charge in [0.25, 0.3) is 0 Å². The molecule has 5 nitrogen and oxygen atoms in total. The van der Waals surface area contributed by atoms with Gasteiger partial charge in [0.05, 0.1) is 17.8 Å². The molecule has 0 atom stereocenters. The number of benzene rings is 1. The standard InChI is InChI=1S/C10H14N4O/c1-14(2)13-9-5-8-6(3-7(9)11)4-10(15)12-8/h3,5,13H,4,11H2,1-2H3,(H,12,15). The van der Waals surface area contributed by atoms with E-state index in [1.165, 1.54) is 0 Å². The van der Waals surface area contributed by atoms with Crippen molar-refractivity contribution in [3.05, 3.63) is 17.7 Å². The predicted octanol–water partition coefficient (Wildman–Crippen LogP) is 0.652. The molecule has 0 saturated carbocycles. The Bertz CT molecular complexity index is 414. The Labute approximate surface area is 88.2 Å². The van der Waals surface area contributed by atoms with Gasteiger partial charge in [0.1, 0.15) is 0 Å². The SMILES string of the molecule is CN(C)Nc1cc2c(cc1N)CC(=O)N2. The second-order valence-corrected chi connectivity index (χ2v) is 3.83. The monoisotopic (exact) mass is 206 g/mol. The van der Waals surface area contributed by atoms with Crippen LogP contribution in [0.2, 0.25) is 0 Å². The van der Waals surface area contributed by atoms with Gasteiger partial charge in [-0.3, -0.25) is 4.79 Å². The van der Waals surface area contributed by atoms with E-state index < -0.39 is 0 Å². The first-order valence-corrected chi connectivity index (χ1v) is 4.72. The first-order chi connectivity index (χ1) is 7.06. The van der Waals surface area contributed by atoms with Crippen LogP contribution in [0.5, 0.6) is 0 Å². The van der Waals surface area contributed by atoms with Gasteiger partial charge < -0.3 is 16.5 Å². The van der Waals surface area contributed by atoms with Crippen molar-refractivity contribution >= 4 is 23.0 Å². The number of rotatable bonds is 2. The van der Waals surface area contributed by atoms with Crippen LogP contribution in [0.3, 0.4) is 0 Å². The molecule has 0 radical (unpaired) electrons. The van der Waals surface area contributed by atoms with Crippen molar-refractivity contribution in [1.29, 1.82) is 0 Å². The van der Waals surface area contributed by atoms with Gasteiger partial charge in [-0.15, -0.1) is 0 Å². The van der Waals surface area contributed by atoms with Crippen LogP contribution < -0.4 is 16.5 Å². The van der Waals surface area contributed by atoms with E-state index in [2.05, 4.69) is 10.7 Å². The van der Waals surface area contributed by atoms with Crippen LogP contribution >= 0.6 is 0 Å². The van der Waals surface area contributed by atoms with E-state index in [-0.39, 0.29) is 5.91 Å². The van der Waals surface area contributed by atoms with Crippen molar-refractivity contribution in [1.82, 2.24) is 5.01 Å². The molecule has 2 rings (SSSR count). The number of nitrogens with zero attached hydrogens (tertiary/aromatic N) is 1. The summed E-state index contributed by atoms with van der Waals surface area (Å²) in [5.74, 6) is 0.0198. The zero-order valence-corrected chi connectivity index (χ0v) is 8.79. The average molecular weight is 206 g/mol. The number of nitrogens with two attached hydrogens (primary N) is 1. The lowest BCUT2D eigenvalue weighted by Gasteiger charge is -2.16. The van der Waals surface area contributed by atoms with Crippen LogP contribution in [0.15, 0.2) is 12.1 Å². The zero-order chi connectivity index (χ0) is 11.0. The number of nitrogen functional groups attached to an aromatic ring is 1. The van der Waals surface area contributed by atoms with Gasteiger partial charge in [-0.05, 0) is 17.7 Å². The van der Waals surface area contributed by atoms with E-state index in [4.69, 9.17) is 5.73 Å². The number of nitrogens with one attached hydrogen (secondary N) is 2. The average Bonchev–Trinajstić information content (AvgIpc) is 2.44. The molecule has 5 heteroatoms. The Kier molecular flexibility index (Phi) is 2.24. The molecule has 0 fully saturated rings. The molecule has 1 amide bonds. The van der Waals surface area contributed by atoms with Crippen molar-refractivity contribution < 1.29 is 4.79 Å². The number of hydrazine groups is 1. The molecule has 4 N–H and O–H groups in total. The minimum atomic E-state index is 0.0198. The second kappa shape index (κ2) is 3.43. The fourth-order valence-electron chi connectivity index (χ4n) is 1.63. The van der Waals surface area contributed by atoms with Crippen molar-refractivity contribution in [2.45, 2.75) is 6.42 Å². The molecule has 80 valence electrons. The van der Waals surface area contributed by atoms with Crippen LogP contribution in [0.1, 0.15) is 5.56 Å². The Hall–Kier alpha value is -1.75. The summed E-state index contributed by atoms with van der Waals surface area (Å²) in [7, 11) is 3.76. The summed E-state index contributed by atoms with van der Waals surface area (Å²) in [6, 6.07) is 3.69. The fourth-order valence-corrected chi connectivity index (χ4v) is 1.63. The molecule has 0 spiro atoms. The maximum absolute atomic E-state index is 11.2. The molecule has 1 aromatic rings. The van der Waals surface area contributed by atoms with E-state index in [1.807, 2.05) is 26.2 Å². The lowest BCUT2D eigenvalue weighted by Crippen LogP contribution is -2.20. The summed E-state index contributed by atoms with van der Waals surface area (Å²) in [5, 5.41) is 4.59. The molecular weight excluding hydrogens is 192 g/mol. The van der Waals surface area contributed by atoms with Gasteiger partial charge in [-0.25, -0.2) is 5.01 Å².